The van der Waals surface area contributed by atoms with E-state index in [1.807, 2.05) is 13.8 Å². The molecule has 2 aromatic rings. The number of amides is 2. The van der Waals surface area contributed by atoms with Gasteiger partial charge < -0.3 is 10.2 Å². The van der Waals surface area contributed by atoms with Crippen LogP contribution in [0.15, 0.2) is 36.4 Å². The lowest BCUT2D eigenvalue weighted by atomic mass is 10.1. The van der Waals surface area contributed by atoms with Gasteiger partial charge in [-0.1, -0.05) is 50.0 Å². The molecule has 0 fully saturated rings. The Morgan fingerprint density at radius 3 is 2.26 bits per heavy atom. The second-order valence-electron chi connectivity index (χ2n) is 9.37. The zero-order valence-electron chi connectivity index (χ0n) is 21.8. The van der Waals surface area contributed by atoms with E-state index in [2.05, 4.69) is 5.32 Å². The summed E-state index contributed by atoms with van der Waals surface area (Å²) in [5.74, 6) is -2.74. The van der Waals surface area contributed by atoms with Crippen LogP contribution in [0.2, 0.25) is 10.0 Å². The molecule has 0 aliphatic rings. The molecule has 0 saturated carbocycles. The van der Waals surface area contributed by atoms with Gasteiger partial charge in [0.05, 0.1) is 22.0 Å². The lowest BCUT2D eigenvalue weighted by molar-refractivity contribution is -0.141. The molecule has 2 aromatic carbocycles. The SMILES string of the molecule is CC[C@H](C(=O)NCC(C)C)N(Cc1ccc(Cl)c(Cl)c1)C(=O)CCCN(c1ccc(F)c(F)c1)S(C)(=O)=O. The van der Waals surface area contributed by atoms with Gasteiger partial charge >= 0.3 is 0 Å². The molecule has 1 atom stereocenters. The van der Waals surface area contributed by atoms with Crippen LogP contribution in [0.5, 0.6) is 0 Å². The van der Waals surface area contributed by atoms with Crippen molar-refractivity contribution in [1.82, 2.24) is 10.2 Å². The van der Waals surface area contributed by atoms with E-state index in [0.29, 0.717) is 28.6 Å². The van der Waals surface area contributed by atoms with Crippen LogP contribution in [0.1, 0.15) is 45.6 Å². The number of halogens is 4. The van der Waals surface area contributed by atoms with E-state index in [1.54, 1.807) is 25.1 Å². The first-order valence-corrected chi connectivity index (χ1v) is 14.8. The normalized spacial score (nSPS) is 12.3. The maximum absolute atomic E-state index is 13.7. The fourth-order valence-electron chi connectivity index (χ4n) is 3.82. The van der Waals surface area contributed by atoms with Crippen molar-refractivity contribution in [3.63, 3.8) is 0 Å². The molecule has 0 aromatic heterocycles. The van der Waals surface area contributed by atoms with Crippen molar-refractivity contribution < 1.29 is 26.8 Å². The molecule has 1 N–H and O–H groups in total. The van der Waals surface area contributed by atoms with Crippen molar-refractivity contribution in [3.05, 3.63) is 63.6 Å². The average molecular weight is 593 g/mol. The number of benzene rings is 2. The van der Waals surface area contributed by atoms with Gasteiger partial charge in [-0.15, -0.1) is 0 Å². The van der Waals surface area contributed by atoms with Crippen LogP contribution in [0.3, 0.4) is 0 Å². The van der Waals surface area contributed by atoms with Crippen molar-refractivity contribution in [2.24, 2.45) is 5.92 Å². The van der Waals surface area contributed by atoms with Gasteiger partial charge in [0, 0.05) is 32.1 Å². The van der Waals surface area contributed by atoms with E-state index in [0.717, 1.165) is 28.8 Å². The zero-order chi connectivity index (χ0) is 28.6. The van der Waals surface area contributed by atoms with Crippen LogP contribution in [0.4, 0.5) is 14.5 Å². The second-order valence-corrected chi connectivity index (χ2v) is 12.1. The van der Waals surface area contributed by atoms with Crippen LogP contribution in [0, 0.1) is 17.6 Å². The number of hydrogen-bond acceptors (Lipinski definition) is 4. The summed E-state index contributed by atoms with van der Waals surface area (Å²) in [4.78, 5) is 27.8. The molecular weight excluding hydrogens is 559 g/mol. The molecule has 0 bridgehead atoms. The van der Waals surface area contributed by atoms with E-state index >= 15 is 0 Å². The van der Waals surface area contributed by atoms with Crippen LogP contribution in [-0.2, 0) is 26.2 Å². The van der Waals surface area contributed by atoms with Crippen molar-refractivity contribution >= 4 is 50.7 Å². The van der Waals surface area contributed by atoms with Gasteiger partial charge in [0.2, 0.25) is 21.8 Å². The van der Waals surface area contributed by atoms with Gasteiger partial charge in [-0.3, -0.25) is 13.9 Å². The van der Waals surface area contributed by atoms with Crippen LogP contribution >= 0.6 is 23.2 Å². The molecule has 0 heterocycles. The molecule has 12 heteroatoms. The monoisotopic (exact) mass is 591 g/mol. The zero-order valence-corrected chi connectivity index (χ0v) is 24.1. The average Bonchev–Trinajstić information content (AvgIpc) is 2.83. The minimum atomic E-state index is -3.85. The fraction of sp³-hybridized carbons (Fsp3) is 0.462. The highest BCUT2D eigenvalue weighted by atomic mass is 35.5. The lowest BCUT2D eigenvalue weighted by Crippen LogP contribution is -2.49. The van der Waals surface area contributed by atoms with E-state index in [4.69, 9.17) is 23.2 Å². The van der Waals surface area contributed by atoms with Crippen LogP contribution < -0.4 is 9.62 Å². The molecule has 2 amide bonds. The Kier molecular flexibility index (Phi) is 11.8. The number of nitrogens with zero attached hydrogens (tertiary/aromatic N) is 2. The van der Waals surface area contributed by atoms with Gasteiger partial charge in [0.25, 0.3) is 0 Å². The van der Waals surface area contributed by atoms with E-state index in [1.165, 1.54) is 4.90 Å². The summed E-state index contributed by atoms with van der Waals surface area (Å²) in [6.07, 6.45) is 1.28. The predicted octanol–water partition coefficient (Wildman–Crippen LogP) is 5.40. The number of carbonyl (C=O) groups excluding carboxylic acids is 2. The number of anilines is 1. The molecule has 0 aliphatic carbocycles. The summed E-state index contributed by atoms with van der Waals surface area (Å²) in [7, 11) is -3.85. The minimum absolute atomic E-state index is 0.0500. The summed E-state index contributed by atoms with van der Waals surface area (Å²) in [6.45, 7) is 6.10. The molecule has 38 heavy (non-hydrogen) atoms. The third-order valence-electron chi connectivity index (χ3n) is 5.75. The van der Waals surface area contributed by atoms with Gasteiger partial charge in [-0.2, -0.15) is 0 Å². The summed E-state index contributed by atoms with van der Waals surface area (Å²) < 4.78 is 52.7. The molecule has 7 nitrogen and oxygen atoms in total. The van der Waals surface area contributed by atoms with Crippen LogP contribution in [0.25, 0.3) is 0 Å². The fourth-order valence-corrected chi connectivity index (χ4v) is 5.10. The van der Waals surface area contributed by atoms with Crippen molar-refractivity contribution in [3.8, 4) is 0 Å². The van der Waals surface area contributed by atoms with Gasteiger partial charge in [-0.25, -0.2) is 17.2 Å². The Labute approximate surface area is 233 Å². The summed E-state index contributed by atoms with van der Waals surface area (Å²) in [6, 6.07) is 6.96. The molecular formula is C26H33Cl2F2N3O4S. The highest BCUT2D eigenvalue weighted by molar-refractivity contribution is 7.92. The lowest BCUT2D eigenvalue weighted by Gasteiger charge is -2.31. The Balaban J connectivity index is 2.25. The second kappa shape index (κ2) is 14.1. The Morgan fingerprint density at radius 2 is 1.71 bits per heavy atom. The van der Waals surface area contributed by atoms with Crippen LogP contribution in [-0.4, -0.2) is 50.5 Å². The topological polar surface area (TPSA) is 86.8 Å². The molecule has 0 saturated heterocycles. The first-order valence-electron chi connectivity index (χ1n) is 12.2. The van der Waals surface area contributed by atoms with Crippen molar-refractivity contribution in [2.45, 2.75) is 52.6 Å². The standard InChI is InChI=1S/C26H33Cl2F2N3O4S/c1-5-24(26(35)31-15-17(2)3)32(16-18-8-10-20(27)21(28)13-18)25(34)7-6-12-33(38(4,36)37)19-9-11-22(29)23(30)14-19/h8-11,13-14,17,24H,5-7,12,15-16H2,1-4H3,(H,31,35)/t24-/m1/s1. The van der Waals surface area contributed by atoms with Crippen molar-refractivity contribution in [1.29, 1.82) is 0 Å². The molecule has 210 valence electrons. The summed E-state index contributed by atoms with van der Waals surface area (Å²) in [5.41, 5.74) is 0.619. The maximum Gasteiger partial charge on any atom is 0.242 e. The smallest absolute Gasteiger partial charge is 0.242 e. The van der Waals surface area contributed by atoms with Gasteiger partial charge in [0.15, 0.2) is 11.6 Å². The third kappa shape index (κ3) is 9.10. The molecule has 0 spiro atoms. The summed E-state index contributed by atoms with van der Waals surface area (Å²) >= 11 is 12.2. The Hall–Kier alpha value is -2.43. The molecule has 0 unspecified atom stereocenters. The van der Waals surface area contributed by atoms with Gasteiger partial charge in [-0.05, 0) is 48.6 Å². The largest absolute Gasteiger partial charge is 0.354 e. The molecule has 0 radical (unpaired) electrons. The third-order valence-corrected chi connectivity index (χ3v) is 7.68. The number of carbonyl (C=O) groups is 2. The quantitative estimate of drug-likeness (QED) is 0.338. The van der Waals surface area contributed by atoms with E-state index in [9.17, 15) is 26.8 Å². The Bertz CT molecular complexity index is 1240. The Morgan fingerprint density at radius 1 is 1.03 bits per heavy atom. The first-order chi connectivity index (χ1) is 17.7. The first kappa shape index (κ1) is 31.8. The van der Waals surface area contributed by atoms with E-state index in [-0.39, 0.29) is 49.4 Å². The number of nitrogens with one attached hydrogen (secondary N) is 1. The minimum Gasteiger partial charge on any atom is -0.354 e. The van der Waals surface area contributed by atoms with Crippen molar-refractivity contribution in [2.75, 3.05) is 23.7 Å². The number of rotatable bonds is 13. The highest BCUT2D eigenvalue weighted by Crippen LogP contribution is 2.25. The molecule has 2 rings (SSSR count). The number of sulfonamides is 1. The van der Waals surface area contributed by atoms with E-state index < -0.39 is 27.7 Å². The highest BCUT2D eigenvalue weighted by Gasteiger charge is 2.29. The number of hydrogen-bond donors (Lipinski definition) is 1. The maximum atomic E-state index is 13.7. The summed E-state index contributed by atoms with van der Waals surface area (Å²) in [5, 5.41) is 3.53. The molecule has 0 aliphatic heterocycles. The predicted molar refractivity (Wildman–Crippen MR) is 147 cm³/mol. The van der Waals surface area contributed by atoms with Gasteiger partial charge in [0.1, 0.15) is 6.04 Å².